The van der Waals surface area contributed by atoms with E-state index in [4.69, 9.17) is 5.11 Å². The van der Waals surface area contributed by atoms with Gasteiger partial charge in [0.25, 0.3) is 5.91 Å². The molecule has 0 radical (unpaired) electrons. The second-order valence-electron chi connectivity index (χ2n) is 3.83. The van der Waals surface area contributed by atoms with Gasteiger partial charge in [-0.2, -0.15) is 0 Å². The fraction of sp³-hybridized carbons (Fsp3) is 0.500. The average Bonchev–Trinajstić information content (AvgIpc) is 2.75. The molecule has 1 aliphatic rings. The molecule has 1 unspecified atom stereocenters. The highest BCUT2D eigenvalue weighted by Crippen LogP contribution is 2.24. The molecule has 1 aromatic rings. The van der Waals surface area contributed by atoms with Gasteiger partial charge >= 0.3 is 5.97 Å². The Morgan fingerprint density at radius 1 is 1.53 bits per heavy atom. The summed E-state index contributed by atoms with van der Waals surface area (Å²) in [6.07, 6.45) is 3.72. The Morgan fingerprint density at radius 2 is 2.29 bits per heavy atom. The molecule has 1 fully saturated rings. The van der Waals surface area contributed by atoms with Crippen LogP contribution in [0.3, 0.4) is 0 Å². The standard InChI is InChI=1S/C10H11BrN2O3S/c11-10-12-5-7(17-10)8(14)13-4-2-1-3-6(13)9(15)16/h5-6H,1-4H2,(H,15,16). The number of hydrogen-bond acceptors (Lipinski definition) is 4. The van der Waals surface area contributed by atoms with E-state index in [0.29, 0.717) is 21.8 Å². The first kappa shape index (κ1) is 12.5. The fourth-order valence-electron chi connectivity index (χ4n) is 1.92. The Morgan fingerprint density at radius 3 is 2.88 bits per heavy atom. The van der Waals surface area contributed by atoms with Crippen LogP contribution in [0.1, 0.15) is 28.9 Å². The smallest absolute Gasteiger partial charge is 0.326 e. The predicted octanol–water partition coefficient (Wildman–Crippen LogP) is 1.98. The molecule has 1 saturated heterocycles. The highest BCUT2D eigenvalue weighted by Gasteiger charge is 2.33. The lowest BCUT2D eigenvalue weighted by atomic mass is 10.0. The molecule has 2 rings (SSSR count). The molecule has 1 amide bonds. The lowest BCUT2D eigenvalue weighted by molar-refractivity contribution is -0.143. The largest absolute Gasteiger partial charge is 0.480 e. The number of carbonyl (C=O) groups is 2. The summed E-state index contributed by atoms with van der Waals surface area (Å²) in [5.41, 5.74) is 0. The van der Waals surface area contributed by atoms with E-state index in [0.717, 1.165) is 12.8 Å². The summed E-state index contributed by atoms with van der Waals surface area (Å²) in [7, 11) is 0. The topological polar surface area (TPSA) is 70.5 Å². The van der Waals surface area contributed by atoms with Crippen LogP contribution in [0.2, 0.25) is 0 Å². The molecular weight excluding hydrogens is 308 g/mol. The summed E-state index contributed by atoms with van der Waals surface area (Å²) in [5.74, 6) is -1.16. The normalized spacial score (nSPS) is 20.3. The van der Waals surface area contributed by atoms with Crippen molar-refractivity contribution in [2.75, 3.05) is 6.54 Å². The van der Waals surface area contributed by atoms with Gasteiger partial charge in [0.05, 0.1) is 6.20 Å². The van der Waals surface area contributed by atoms with E-state index in [1.807, 2.05) is 0 Å². The van der Waals surface area contributed by atoms with Gasteiger partial charge in [0, 0.05) is 6.54 Å². The molecule has 1 aromatic heterocycles. The van der Waals surface area contributed by atoms with Crippen molar-refractivity contribution in [3.63, 3.8) is 0 Å². The molecule has 92 valence electrons. The number of aliphatic carboxylic acids is 1. The van der Waals surface area contributed by atoms with E-state index in [1.54, 1.807) is 0 Å². The molecule has 1 atom stereocenters. The first-order chi connectivity index (χ1) is 8.09. The zero-order valence-corrected chi connectivity index (χ0v) is 11.3. The number of likely N-dealkylation sites (tertiary alicyclic amines) is 1. The Balaban J connectivity index is 2.19. The maximum atomic E-state index is 12.1. The van der Waals surface area contributed by atoms with Crippen molar-refractivity contribution < 1.29 is 14.7 Å². The maximum Gasteiger partial charge on any atom is 0.326 e. The van der Waals surface area contributed by atoms with Crippen molar-refractivity contribution in [3.8, 4) is 0 Å². The first-order valence-electron chi connectivity index (χ1n) is 5.24. The Bertz CT molecular complexity index is 449. The number of halogens is 1. The molecule has 2 heterocycles. The number of carbonyl (C=O) groups excluding carboxylic acids is 1. The third kappa shape index (κ3) is 2.66. The van der Waals surface area contributed by atoms with Gasteiger partial charge in [-0.3, -0.25) is 4.79 Å². The molecule has 17 heavy (non-hydrogen) atoms. The minimum absolute atomic E-state index is 0.236. The second-order valence-corrected chi connectivity index (χ2v) is 6.13. The highest BCUT2D eigenvalue weighted by atomic mass is 79.9. The molecule has 0 aromatic carbocycles. The van der Waals surface area contributed by atoms with E-state index in [9.17, 15) is 9.59 Å². The van der Waals surface area contributed by atoms with Gasteiger partial charge in [0.1, 0.15) is 10.9 Å². The molecule has 0 aliphatic carbocycles. The summed E-state index contributed by atoms with van der Waals surface area (Å²) in [6, 6.07) is -0.697. The average molecular weight is 319 g/mol. The van der Waals surface area contributed by atoms with Gasteiger partial charge in [-0.1, -0.05) is 0 Å². The van der Waals surface area contributed by atoms with Crippen LogP contribution < -0.4 is 0 Å². The molecule has 0 spiro atoms. The summed E-state index contributed by atoms with van der Waals surface area (Å²) in [6.45, 7) is 0.505. The van der Waals surface area contributed by atoms with Crippen LogP contribution in [0.4, 0.5) is 0 Å². The van der Waals surface area contributed by atoms with Gasteiger partial charge in [0.2, 0.25) is 0 Å². The predicted molar refractivity (Wildman–Crippen MR) is 66.1 cm³/mol. The van der Waals surface area contributed by atoms with Crippen LogP contribution in [0.5, 0.6) is 0 Å². The Labute approximate surface area is 111 Å². The van der Waals surface area contributed by atoms with E-state index >= 15 is 0 Å². The zero-order chi connectivity index (χ0) is 12.4. The van der Waals surface area contributed by atoms with Crippen molar-refractivity contribution in [3.05, 3.63) is 15.0 Å². The van der Waals surface area contributed by atoms with Gasteiger partial charge in [-0.25, -0.2) is 9.78 Å². The van der Waals surface area contributed by atoms with Crippen molar-refractivity contribution >= 4 is 39.1 Å². The number of amides is 1. The quantitative estimate of drug-likeness (QED) is 0.905. The lowest BCUT2D eigenvalue weighted by Crippen LogP contribution is -2.47. The SMILES string of the molecule is O=C(O)C1CCCCN1C(=O)c1cnc(Br)s1. The maximum absolute atomic E-state index is 12.1. The third-order valence-electron chi connectivity index (χ3n) is 2.74. The first-order valence-corrected chi connectivity index (χ1v) is 6.85. The summed E-state index contributed by atoms with van der Waals surface area (Å²) < 4.78 is 0.629. The minimum Gasteiger partial charge on any atom is -0.480 e. The number of piperidine rings is 1. The van der Waals surface area contributed by atoms with Crippen molar-refractivity contribution in [2.45, 2.75) is 25.3 Å². The number of carboxylic acid groups (broad SMARTS) is 1. The summed E-state index contributed by atoms with van der Waals surface area (Å²) in [4.78, 5) is 29.1. The number of thiazole rings is 1. The van der Waals surface area contributed by atoms with E-state index in [1.165, 1.54) is 22.4 Å². The highest BCUT2D eigenvalue weighted by molar-refractivity contribution is 9.11. The summed E-state index contributed by atoms with van der Waals surface area (Å²) in [5, 5.41) is 9.09. The number of rotatable bonds is 2. The van der Waals surface area contributed by atoms with Crippen LogP contribution in [-0.4, -0.2) is 39.5 Å². The molecule has 5 nitrogen and oxygen atoms in total. The monoisotopic (exact) mass is 318 g/mol. The molecule has 0 saturated carbocycles. The number of aromatic nitrogens is 1. The summed E-state index contributed by atoms with van der Waals surface area (Å²) >= 11 is 4.41. The number of hydrogen-bond donors (Lipinski definition) is 1. The van der Waals surface area contributed by atoms with E-state index in [2.05, 4.69) is 20.9 Å². The van der Waals surface area contributed by atoms with E-state index in [-0.39, 0.29) is 5.91 Å². The van der Waals surface area contributed by atoms with E-state index < -0.39 is 12.0 Å². The fourth-order valence-corrected chi connectivity index (χ4v) is 3.15. The number of carboxylic acids is 1. The molecule has 7 heteroatoms. The van der Waals surface area contributed by atoms with Crippen LogP contribution in [0.25, 0.3) is 0 Å². The lowest BCUT2D eigenvalue weighted by Gasteiger charge is -2.32. The van der Waals surface area contributed by atoms with Crippen LogP contribution in [-0.2, 0) is 4.79 Å². The number of nitrogens with zero attached hydrogens (tertiary/aromatic N) is 2. The van der Waals surface area contributed by atoms with Crippen molar-refractivity contribution in [2.24, 2.45) is 0 Å². The van der Waals surface area contributed by atoms with Gasteiger partial charge < -0.3 is 10.0 Å². The Kier molecular flexibility index (Phi) is 3.78. The zero-order valence-electron chi connectivity index (χ0n) is 8.93. The third-order valence-corrected chi connectivity index (χ3v) is 4.20. The van der Waals surface area contributed by atoms with Gasteiger partial charge in [0.15, 0.2) is 3.92 Å². The van der Waals surface area contributed by atoms with Gasteiger partial charge in [-0.15, -0.1) is 11.3 Å². The van der Waals surface area contributed by atoms with Crippen LogP contribution in [0.15, 0.2) is 10.1 Å². The molecule has 1 N–H and O–H groups in total. The molecular formula is C10H11BrN2O3S. The van der Waals surface area contributed by atoms with Crippen LogP contribution in [0, 0.1) is 0 Å². The molecule has 0 bridgehead atoms. The van der Waals surface area contributed by atoms with Crippen molar-refractivity contribution in [1.29, 1.82) is 0 Å². The molecule has 1 aliphatic heterocycles. The minimum atomic E-state index is -0.929. The van der Waals surface area contributed by atoms with Crippen molar-refractivity contribution in [1.82, 2.24) is 9.88 Å². The Hall–Kier alpha value is -0.950. The van der Waals surface area contributed by atoms with Gasteiger partial charge in [-0.05, 0) is 35.2 Å². The van der Waals surface area contributed by atoms with Crippen LogP contribution >= 0.6 is 27.3 Å². The second kappa shape index (κ2) is 5.14.